The summed E-state index contributed by atoms with van der Waals surface area (Å²) in [7, 11) is -1.45. The van der Waals surface area contributed by atoms with Gasteiger partial charge in [0.2, 0.25) is 0 Å². The third-order valence-electron chi connectivity index (χ3n) is 3.93. The second kappa shape index (κ2) is 4.98. The molecule has 4 aromatic rings. The Morgan fingerprint density at radius 2 is 1.55 bits per heavy atom. The maximum Gasteiger partial charge on any atom is 0.488 e. The molecule has 106 valence electrons. The van der Waals surface area contributed by atoms with Crippen molar-refractivity contribution in [2.75, 3.05) is 0 Å². The maximum absolute atomic E-state index is 9.23. The Kier molecular flexibility index (Phi) is 2.96. The van der Waals surface area contributed by atoms with Crippen molar-refractivity contribution in [3.8, 4) is 5.69 Å². The third kappa shape index (κ3) is 1.91. The van der Waals surface area contributed by atoms with Crippen LogP contribution in [-0.2, 0) is 0 Å². The standard InChI is InChI=1S/C17H13BN2O2/c21-18(22)12-5-7-13(8-6-12)20-16-4-2-1-3-14(16)15-9-10-19-11-17(15)20/h1-11,21-22H. The highest BCUT2D eigenvalue weighted by Crippen LogP contribution is 2.30. The molecule has 0 saturated carbocycles. The number of para-hydroxylation sites is 1. The summed E-state index contributed by atoms with van der Waals surface area (Å²) >= 11 is 0. The van der Waals surface area contributed by atoms with Gasteiger partial charge >= 0.3 is 7.12 Å². The number of hydrogen-bond acceptors (Lipinski definition) is 3. The average Bonchev–Trinajstić information content (AvgIpc) is 2.89. The van der Waals surface area contributed by atoms with Crippen LogP contribution in [0.5, 0.6) is 0 Å². The highest BCUT2D eigenvalue weighted by Gasteiger charge is 2.13. The predicted octanol–water partition coefficient (Wildman–Crippen LogP) is 1.86. The van der Waals surface area contributed by atoms with Crippen molar-refractivity contribution < 1.29 is 10.0 Å². The lowest BCUT2D eigenvalue weighted by Gasteiger charge is -2.08. The lowest BCUT2D eigenvalue weighted by molar-refractivity contribution is 0.426. The van der Waals surface area contributed by atoms with Gasteiger partial charge in [0.05, 0.1) is 17.2 Å². The van der Waals surface area contributed by atoms with Gasteiger partial charge in [-0.05, 0) is 29.7 Å². The van der Waals surface area contributed by atoms with Crippen LogP contribution in [0.2, 0.25) is 0 Å². The molecule has 22 heavy (non-hydrogen) atoms. The molecular weight excluding hydrogens is 275 g/mol. The van der Waals surface area contributed by atoms with Gasteiger partial charge in [-0.15, -0.1) is 0 Å². The molecule has 0 aliphatic rings. The first kappa shape index (κ1) is 13.1. The van der Waals surface area contributed by atoms with E-state index in [1.807, 2.05) is 36.5 Å². The summed E-state index contributed by atoms with van der Waals surface area (Å²) in [6.07, 6.45) is 3.65. The first-order valence-electron chi connectivity index (χ1n) is 7.05. The fourth-order valence-corrected chi connectivity index (χ4v) is 2.89. The summed E-state index contributed by atoms with van der Waals surface area (Å²) in [6.45, 7) is 0. The molecule has 5 heteroatoms. The Balaban J connectivity index is 2.04. The highest BCUT2D eigenvalue weighted by atomic mass is 16.4. The van der Waals surface area contributed by atoms with E-state index in [1.54, 1.807) is 18.3 Å². The zero-order valence-electron chi connectivity index (χ0n) is 11.7. The molecule has 0 spiro atoms. The average molecular weight is 288 g/mol. The Bertz CT molecular complexity index is 908. The molecule has 2 aromatic heterocycles. The zero-order valence-corrected chi connectivity index (χ0v) is 11.7. The van der Waals surface area contributed by atoms with Crippen LogP contribution in [0.4, 0.5) is 0 Å². The molecule has 0 bridgehead atoms. The third-order valence-corrected chi connectivity index (χ3v) is 3.93. The lowest BCUT2D eigenvalue weighted by atomic mass is 9.80. The largest absolute Gasteiger partial charge is 0.488 e. The van der Waals surface area contributed by atoms with Gasteiger partial charge in [-0.2, -0.15) is 0 Å². The minimum Gasteiger partial charge on any atom is -0.423 e. The van der Waals surface area contributed by atoms with Gasteiger partial charge in [0.15, 0.2) is 0 Å². The van der Waals surface area contributed by atoms with Crippen molar-refractivity contribution in [1.82, 2.24) is 9.55 Å². The molecule has 4 nitrogen and oxygen atoms in total. The number of hydrogen-bond donors (Lipinski definition) is 2. The minimum absolute atomic E-state index is 0.475. The Labute approximate surface area is 127 Å². The van der Waals surface area contributed by atoms with Crippen molar-refractivity contribution in [2.45, 2.75) is 0 Å². The molecular formula is C17H13BN2O2. The number of rotatable bonds is 2. The van der Waals surface area contributed by atoms with E-state index in [-0.39, 0.29) is 0 Å². The molecule has 0 fully saturated rings. The molecule has 0 aliphatic heterocycles. The molecule has 0 aliphatic carbocycles. The molecule has 2 aromatic carbocycles. The van der Waals surface area contributed by atoms with E-state index < -0.39 is 7.12 Å². The number of benzene rings is 2. The van der Waals surface area contributed by atoms with E-state index in [0.29, 0.717) is 5.46 Å². The van der Waals surface area contributed by atoms with Crippen LogP contribution >= 0.6 is 0 Å². The normalized spacial score (nSPS) is 11.2. The van der Waals surface area contributed by atoms with Crippen molar-refractivity contribution in [1.29, 1.82) is 0 Å². The molecule has 0 radical (unpaired) electrons. The Morgan fingerprint density at radius 1 is 0.818 bits per heavy atom. The van der Waals surface area contributed by atoms with Crippen molar-refractivity contribution in [3.63, 3.8) is 0 Å². The van der Waals surface area contributed by atoms with E-state index in [1.165, 1.54) is 5.39 Å². The van der Waals surface area contributed by atoms with Gasteiger partial charge in [0, 0.05) is 22.7 Å². The van der Waals surface area contributed by atoms with Crippen LogP contribution in [0, 0.1) is 0 Å². The van der Waals surface area contributed by atoms with Gasteiger partial charge in [-0.25, -0.2) is 0 Å². The van der Waals surface area contributed by atoms with Crippen LogP contribution in [-0.4, -0.2) is 26.7 Å². The summed E-state index contributed by atoms with van der Waals surface area (Å²) < 4.78 is 2.13. The maximum atomic E-state index is 9.23. The number of fused-ring (bicyclic) bond motifs is 3. The SMILES string of the molecule is OB(O)c1ccc(-n2c3ccccc3c3ccncc32)cc1. The van der Waals surface area contributed by atoms with Gasteiger partial charge in [-0.1, -0.05) is 30.3 Å². The second-order valence-corrected chi connectivity index (χ2v) is 5.21. The van der Waals surface area contributed by atoms with E-state index in [9.17, 15) is 10.0 Å². The van der Waals surface area contributed by atoms with Gasteiger partial charge in [0.25, 0.3) is 0 Å². The zero-order chi connectivity index (χ0) is 15.1. The lowest BCUT2D eigenvalue weighted by Crippen LogP contribution is -2.29. The molecule has 2 heterocycles. The van der Waals surface area contributed by atoms with E-state index >= 15 is 0 Å². The van der Waals surface area contributed by atoms with E-state index in [0.717, 1.165) is 22.1 Å². The fraction of sp³-hybridized carbons (Fsp3) is 0. The van der Waals surface area contributed by atoms with Crippen LogP contribution in [0.1, 0.15) is 0 Å². The summed E-state index contributed by atoms with van der Waals surface area (Å²) in [4.78, 5) is 4.24. The monoisotopic (exact) mass is 288 g/mol. The molecule has 4 rings (SSSR count). The number of nitrogens with zero attached hydrogens (tertiary/aromatic N) is 2. The van der Waals surface area contributed by atoms with E-state index in [2.05, 4.69) is 21.7 Å². The first-order chi connectivity index (χ1) is 10.8. The van der Waals surface area contributed by atoms with Crippen molar-refractivity contribution in [2.24, 2.45) is 0 Å². The quantitative estimate of drug-likeness (QED) is 0.553. The highest BCUT2D eigenvalue weighted by molar-refractivity contribution is 6.58. The smallest absolute Gasteiger partial charge is 0.423 e. The van der Waals surface area contributed by atoms with Gasteiger partial charge < -0.3 is 14.6 Å². The number of pyridine rings is 1. The molecule has 0 saturated heterocycles. The van der Waals surface area contributed by atoms with Gasteiger partial charge in [0.1, 0.15) is 0 Å². The first-order valence-corrected chi connectivity index (χ1v) is 7.05. The van der Waals surface area contributed by atoms with Gasteiger partial charge in [-0.3, -0.25) is 4.98 Å². The van der Waals surface area contributed by atoms with E-state index in [4.69, 9.17) is 0 Å². The fourth-order valence-electron chi connectivity index (χ4n) is 2.89. The molecule has 2 N–H and O–H groups in total. The molecule has 0 amide bonds. The molecule has 0 unspecified atom stereocenters. The van der Waals surface area contributed by atoms with Crippen LogP contribution < -0.4 is 5.46 Å². The van der Waals surface area contributed by atoms with Crippen LogP contribution in [0.25, 0.3) is 27.5 Å². The summed E-state index contributed by atoms with van der Waals surface area (Å²) in [5, 5.41) is 20.8. The summed E-state index contributed by atoms with van der Waals surface area (Å²) in [5.74, 6) is 0. The predicted molar refractivity (Wildman–Crippen MR) is 88.4 cm³/mol. The van der Waals surface area contributed by atoms with Crippen LogP contribution in [0.3, 0.4) is 0 Å². The van der Waals surface area contributed by atoms with Crippen molar-refractivity contribution >= 4 is 34.4 Å². The van der Waals surface area contributed by atoms with Crippen molar-refractivity contribution in [3.05, 3.63) is 67.0 Å². The Hall–Kier alpha value is -2.63. The summed E-state index contributed by atoms with van der Waals surface area (Å²) in [6, 6.07) is 17.4. The topological polar surface area (TPSA) is 58.3 Å². The second-order valence-electron chi connectivity index (χ2n) is 5.21. The number of aromatic nitrogens is 2. The molecule has 0 atom stereocenters. The Morgan fingerprint density at radius 3 is 2.32 bits per heavy atom. The minimum atomic E-state index is -1.45. The van der Waals surface area contributed by atoms with Crippen LogP contribution in [0.15, 0.2) is 67.0 Å². The summed E-state index contributed by atoms with van der Waals surface area (Å²) in [5.41, 5.74) is 3.56.